The molecular formula is C14H25N3. The first-order valence-corrected chi connectivity index (χ1v) is 6.87. The molecule has 3 nitrogen and oxygen atoms in total. The first-order chi connectivity index (χ1) is 8.15. The predicted molar refractivity (Wildman–Crippen MR) is 70.7 cm³/mol. The molecule has 0 amide bonds. The summed E-state index contributed by atoms with van der Waals surface area (Å²) in [6.45, 7) is 5.76. The van der Waals surface area contributed by atoms with Crippen LogP contribution >= 0.6 is 0 Å². The van der Waals surface area contributed by atoms with E-state index in [4.69, 9.17) is 0 Å². The summed E-state index contributed by atoms with van der Waals surface area (Å²) in [6, 6.07) is 0.418. The molecule has 0 bridgehead atoms. The van der Waals surface area contributed by atoms with Crippen molar-refractivity contribution >= 4 is 0 Å². The third-order valence-corrected chi connectivity index (χ3v) is 3.98. The van der Waals surface area contributed by atoms with Crippen LogP contribution in [0.1, 0.15) is 51.1 Å². The highest BCUT2D eigenvalue weighted by Gasteiger charge is 2.19. The lowest BCUT2D eigenvalue weighted by Gasteiger charge is -2.28. The van der Waals surface area contributed by atoms with Gasteiger partial charge >= 0.3 is 0 Å². The summed E-state index contributed by atoms with van der Waals surface area (Å²) in [4.78, 5) is 0. The zero-order valence-corrected chi connectivity index (χ0v) is 11.3. The van der Waals surface area contributed by atoms with Crippen LogP contribution < -0.4 is 5.32 Å². The number of aryl methyl sites for hydroxylation is 1. The minimum Gasteiger partial charge on any atom is -0.310 e. The fourth-order valence-electron chi connectivity index (χ4n) is 2.87. The summed E-state index contributed by atoms with van der Waals surface area (Å²) in [5.41, 5.74) is 1.29. The van der Waals surface area contributed by atoms with Gasteiger partial charge in [-0.05, 0) is 38.1 Å². The number of nitrogens with zero attached hydrogens (tertiary/aromatic N) is 2. The molecule has 1 heterocycles. The molecule has 1 N–H and O–H groups in total. The SMILES string of the molecule is CC1CCCC(CNC(C)c2cnn(C)c2)C1. The van der Waals surface area contributed by atoms with E-state index in [1.165, 1.54) is 31.2 Å². The molecule has 0 saturated heterocycles. The highest BCUT2D eigenvalue weighted by molar-refractivity contribution is 5.08. The number of aromatic nitrogens is 2. The molecule has 0 aromatic carbocycles. The second-order valence-corrected chi connectivity index (χ2v) is 5.72. The van der Waals surface area contributed by atoms with Crippen molar-refractivity contribution in [2.45, 2.75) is 45.6 Å². The molecule has 3 unspecified atom stereocenters. The summed E-state index contributed by atoms with van der Waals surface area (Å²) in [5, 5.41) is 7.87. The first kappa shape index (κ1) is 12.6. The van der Waals surface area contributed by atoms with Gasteiger partial charge in [0.15, 0.2) is 0 Å². The van der Waals surface area contributed by atoms with E-state index in [0.29, 0.717) is 6.04 Å². The van der Waals surface area contributed by atoms with Crippen LogP contribution in [0.25, 0.3) is 0 Å². The Morgan fingerprint density at radius 1 is 1.53 bits per heavy atom. The van der Waals surface area contributed by atoms with Gasteiger partial charge in [0.1, 0.15) is 0 Å². The zero-order chi connectivity index (χ0) is 12.3. The third-order valence-electron chi connectivity index (χ3n) is 3.98. The number of hydrogen-bond donors (Lipinski definition) is 1. The average molecular weight is 235 g/mol. The number of nitrogens with one attached hydrogen (secondary N) is 1. The number of rotatable bonds is 4. The van der Waals surface area contributed by atoms with E-state index in [9.17, 15) is 0 Å². The average Bonchev–Trinajstić information content (AvgIpc) is 2.73. The number of hydrogen-bond acceptors (Lipinski definition) is 2. The molecule has 1 aliphatic carbocycles. The molecule has 1 aromatic rings. The van der Waals surface area contributed by atoms with Gasteiger partial charge in [-0.25, -0.2) is 0 Å². The molecular weight excluding hydrogens is 210 g/mol. The Bertz CT molecular complexity index is 345. The van der Waals surface area contributed by atoms with Gasteiger partial charge in [0.2, 0.25) is 0 Å². The Balaban J connectivity index is 1.77. The van der Waals surface area contributed by atoms with Crippen LogP contribution in [0.15, 0.2) is 12.4 Å². The Kier molecular flexibility index (Phi) is 4.21. The lowest BCUT2D eigenvalue weighted by Crippen LogP contribution is -2.28. The molecule has 3 atom stereocenters. The monoisotopic (exact) mass is 235 g/mol. The molecule has 2 rings (SSSR count). The van der Waals surface area contributed by atoms with Crippen molar-refractivity contribution in [1.29, 1.82) is 0 Å². The molecule has 0 spiro atoms. The Morgan fingerprint density at radius 3 is 3.00 bits per heavy atom. The van der Waals surface area contributed by atoms with Crippen molar-refractivity contribution in [3.63, 3.8) is 0 Å². The minimum absolute atomic E-state index is 0.418. The van der Waals surface area contributed by atoms with Crippen molar-refractivity contribution in [1.82, 2.24) is 15.1 Å². The Hall–Kier alpha value is -0.830. The lowest BCUT2D eigenvalue weighted by molar-refractivity contribution is 0.268. The van der Waals surface area contributed by atoms with E-state index < -0.39 is 0 Å². The van der Waals surface area contributed by atoms with Gasteiger partial charge in [0.05, 0.1) is 6.20 Å². The van der Waals surface area contributed by atoms with Gasteiger partial charge in [0.25, 0.3) is 0 Å². The molecule has 3 heteroatoms. The van der Waals surface area contributed by atoms with Gasteiger partial charge in [-0.3, -0.25) is 4.68 Å². The summed E-state index contributed by atoms with van der Waals surface area (Å²) in [5.74, 6) is 1.79. The molecule has 1 aliphatic rings. The Labute approximate surface area is 105 Å². The van der Waals surface area contributed by atoms with Crippen LogP contribution in [-0.4, -0.2) is 16.3 Å². The summed E-state index contributed by atoms with van der Waals surface area (Å²) in [6.07, 6.45) is 9.69. The quantitative estimate of drug-likeness (QED) is 0.869. The van der Waals surface area contributed by atoms with Crippen molar-refractivity contribution in [3.8, 4) is 0 Å². The van der Waals surface area contributed by atoms with Gasteiger partial charge in [-0.2, -0.15) is 5.10 Å². The topological polar surface area (TPSA) is 29.9 Å². The summed E-state index contributed by atoms with van der Waals surface area (Å²) < 4.78 is 1.87. The fourth-order valence-corrected chi connectivity index (χ4v) is 2.87. The van der Waals surface area contributed by atoms with Crippen LogP contribution in [0.4, 0.5) is 0 Å². The van der Waals surface area contributed by atoms with E-state index in [0.717, 1.165) is 18.4 Å². The normalized spacial score (nSPS) is 27.0. The largest absolute Gasteiger partial charge is 0.310 e. The van der Waals surface area contributed by atoms with E-state index in [1.807, 2.05) is 17.9 Å². The van der Waals surface area contributed by atoms with Crippen molar-refractivity contribution in [2.24, 2.45) is 18.9 Å². The molecule has 1 saturated carbocycles. The summed E-state index contributed by atoms with van der Waals surface area (Å²) in [7, 11) is 1.97. The maximum atomic E-state index is 4.22. The molecule has 17 heavy (non-hydrogen) atoms. The second-order valence-electron chi connectivity index (χ2n) is 5.72. The second kappa shape index (κ2) is 5.67. The van der Waals surface area contributed by atoms with E-state index in [-0.39, 0.29) is 0 Å². The zero-order valence-electron chi connectivity index (χ0n) is 11.3. The highest BCUT2D eigenvalue weighted by atomic mass is 15.2. The first-order valence-electron chi connectivity index (χ1n) is 6.87. The standard InChI is InChI=1S/C14H25N3/c1-11-5-4-6-13(7-11)8-15-12(2)14-9-16-17(3)10-14/h9-13,15H,4-8H2,1-3H3. The van der Waals surface area contributed by atoms with Crippen LogP contribution in [0.3, 0.4) is 0 Å². The van der Waals surface area contributed by atoms with Crippen LogP contribution in [-0.2, 0) is 7.05 Å². The maximum Gasteiger partial charge on any atom is 0.0537 e. The van der Waals surface area contributed by atoms with Crippen LogP contribution in [0, 0.1) is 11.8 Å². The highest BCUT2D eigenvalue weighted by Crippen LogP contribution is 2.28. The Morgan fingerprint density at radius 2 is 2.35 bits per heavy atom. The smallest absolute Gasteiger partial charge is 0.0537 e. The van der Waals surface area contributed by atoms with Gasteiger partial charge in [-0.1, -0.05) is 19.8 Å². The van der Waals surface area contributed by atoms with Gasteiger partial charge < -0.3 is 5.32 Å². The van der Waals surface area contributed by atoms with Crippen LogP contribution in [0.5, 0.6) is 0 Å². The summed E-state index contributed by atoms with van der Waals surface area (Å²) >= 11 is 0. The van der Waals surface area contributed by atoms with Crippen molar-refractivity contribution < 1.29 is 0 Å². The molecule has 1 aromatic heterocycles. The van der Waals surface area contributed by atoms with Gasteiger partial charge in [-0.15, -0.1) is 0 Å². The lowest BCUT2D eigenvalue weighted by atomic mass is 9.82. The van der Waals surface area contributed by atoms with E-state index in [2.05, 4.69) is 30.5 Å². The molecule has 0 aliphatic heterocycles. The van der Waals surface area contributed by atoms with Crippen LogP contribution in [0.2, 0.25) is 0 Å². The molecule has 96 valence electrons. The fraction of sp³-hybridized carbons (Fsp3) is 0.786. The molecule has 1 fully saturated rings. The van der Waals surface area contributed by atoms with Gasteiger partial charge in [0, 0.05) is 24.8 Å². The van der Waals surface area contributed by atoms with E-state index >= 15 is 0 Å². The van der Waals surface area contributed by atoms with Crippen molar-refractivity contribution in [2.75, 3.05) is 6.54 Å². The maximum absolute atomic E-state index is 4.22. The van der Waals surface area contributed by atoms with Crippen molar-refractivity contribution in [3.05, 3.63) is 18.0 Å². The minimum atomic E-state index is 0.418. The predicted octanol–water partition coefficient (Wildman–Crippen LogP) is 2.90. The van der Waals surface area contributed by atoms with E-state index in [1.54, 1.807) is 0 Å². The third kappa shape index (κ3) is 3.56. The molecule has 0 radical (unpaired) electrons.